The summed E-state index contributed by atoms with van der Waals surface area (Å²) in [7, 11) is 0. The molecule has 0 saturated heterocycles. The molecular formula is C14H19Cl2N3O2. The normalized spacial score (nSPS) is 13.3. The number of benzene rings is 1. The van der Waals surface area contributed by atoms with Gasteiger partial charge in [-0.3, -0.25) is 4.79 Å². The van der Waals surface area contributed by atoms with E-state index in [9.17, 15) is 9.59 Å². The highest BCUT2D eigenvalue weighted by Gasteiger charge is 2.24. The second-order valence-corrected chi connectivity index (χ2v) is 5.67. The Morgan fingerprint density at radius 2 is 2.00 bits per heavy atom. The molecule has 0 aliphatic rings. The van der Waals surface area contributed by atoms with Gasteiger partial charge in [-0.05, 0) is 23.6 Å². The first kappa shape index (κ1) is 17.6. The van der Waals surface area contributed by atoms with Crippen LogP contribution in [-0.2, 0) is 11.3 Å². The second-order valence-electron chi connectivity index (χ2n) is 4.83. The summed E-state index contributed by atoms with van der Waals surface area (Å²) in [6.07, 6.45) is 0.736. The number of hydrogen-bond donors (Lipinski definition) is 3. The first-order valence-corrected chi connectivity index (χ1v) is 7.38. The molecule has 0 heterocycles. The lowest BCUT2D eigenvalue weighted by atomic mass is 9.98. The molecule has 116 valence electrons. The van der Waals surface area contributed by atoms with Crippen LogP contribution in [0.5, 0.6) is 0 Å². The van der Waals surface area contributed by atoms with Crippen molar-refractivity contribution in [1.29, 1.82) is 0 Å². The Morgan fingerprint density at radius 3 is 2.52 bits per heavy atom. The number of primary amides is 1. The minimum Gasteiger partial charge on any atom is -0.352 e. The van der Waals surface area contributed by atoms with Crippen molar-refractivity contribution >= 4 is 35.1 Å². The summed E-state index contributed by atoms with van der Waals surface area (Å²) in [5, 5.41) is 6.21. The van der Waals surface area contributed by atoms with Crippen molar-refractivity contribution in [3.05, 3.63) is 33.8 Å². The van der Waals surface area contributed by atoms with Crippen LogP contribution >= 0.6 is 23.2 Å². The Labute approximate surface area is 134 Å². The van der Waals surface area contributed by atoms with E-state index >= 15 is 0 Å². The van der Waals surface area contributed by atoms with Crippen LogP contribution in [0.2, 0.25) is 10.0 Å². The van der Waals surface area contributed by atoms with E-state index in [1.807, 2.05) is 13.8 Å². The minimum atomic E-state index is -0.722. The molecule has 3 amide bonds. The molecule has 1 aromatic rings. The molecule has 0 aliphatic heterocycles. The topological polar surface area (TPSA) is 84.2 Å². The van der Waals surface area contributed by atoms with E-state index in [2.05, 4.69) is 10.6 Å². The van der Waals surface area contributed by atoms with Crippen LogP contribution < -0.4 is 16.4 Å². The predicted octanol–water partition coefficient (Wildman–Crippen LogP) is 2.69. The second kappa shape index (κ2) is 8.10. The number of halogens is 2. The SMILES string of the molecule is CCC(C)C(NC(N)=O)C(=O)NCc1ccc(Cl)cc1Cl. The minimum absolute atomic E-state index is 0.0295. The standard InChI is InChI=1S/C14H19Cl2N3O2/c1-3-8(2)12(19-14(17)21)13(20)18-7-9-4-5-10(15)6-11(9)16/h4-6,8,12H,3,7H2,1-2H3,(H,18,20)(H3,17,19,21). The maximum absolute atomic E-state index is 12.2. The molecule has 7 heteroatoms. The first-order valence-electron chi connectivity index (χ1n) is 6.62. The third-order valence-corrected chi connectivity index (χ3v) is 3.85. The number of carbonyl (C=O) groups is 2. The Balaban J connectivity index is 2.70. The van der Waals surface area contributed by atoms with E-state index in [0.29, 0.717) is 10.0 Å². The Hall–Kier alpha value is -1.46. The van der Waals surface area contributed by atoms with E-state index in [4.69, 9.17) is 28.9 Å². The number of rotatable bonds is 6. The van der Waals surface area contributed by atoms with Crippen molar-refractivity contribution in [3.8, 4) is 0 Å². The zero-order valence-corrected chi connectivity index (χ0v) is 13.5. The average molecular weight is 332 g/mol. The van der Waals surface area contributed by atoms with Crippen molar-refractivity contribution < 1.29 is 9.59 Å². The lowest BCUT2D eigenvalue weighted by Crippen LogP contribution is -2.51. The van der Waals surface area contributed by atoms with Gasteiger partial charge in [0.15, 0.2) is 0 Å². The molecule has 1 aromatic carbocycles. The summed E-state index contributed by atoms with van der Waals surface area (Å²) in [6.45, 7) is 4.06. The molecule has 0 radical (unpaired) electrons. The fraction of sp³-hybridized carbons (Fsp3) is 0.429. The molecule has 21 heavy (non-hydrogen) atoms. The zero-order valence-electron chi connectivity index (χ0n) is 12.0. The molecule has 0 bridgehead atoms. The average Bonchev–Trinajstić information content (AvgIpc) is 2.42. The van der Waals surface area contributed by atoms with Crippen LogP contribution in [0, 0.1) is 5.92 Å². The van der Waals surface area contributed by atoms with Crippen LogP contribution in [-0.4, -0.2) is 18.0 Å². The van der Waals surface area contributed by atoms with E-state index < -0.39 is 12.1 Å². The van der Waals surface area contributed by atoms with Crippen molar-refractivity contribution in [2.24, 2.45) is 11.7 Å². The van der Waals surface area contributed by atoms with Crippen molar-refractivity contribution in [1.82, 2.24) is 10.6 Å². The van der Waals surface area contributed by atoms with Crippen LogP contribution in [0.25, 0.3) is 0 Å². The highest BCUT2D eigenvalue weighted by atomic mass is 35.5. The molecule has 0 saturated carbocycles. The molecule has 0 aromatic heterocycles. The monoisotopic (exact) mass is 331 g/mol. The number of nitrogens with two attached hydrogens (primary N) is 1. The Bertz CT molecular complexity index is 523. The van der Waals surface area contributed by atoms with Crippen LogP contribution in [0.15, 0.2) is 18.2 Å². The highest BCUT2D eigenvalue weighted by Crippen LogP contribution is 2.20. The summed E-state index contributed by atoms with van der Waals surface area (Å²) < 4.78 is 0. The molecule has 5 nitrogen and oxygen atoms in total. The van der Waals surface area contributed by atoms with Gasteiger partial charge in [0.2, 0.25) is 5.91 Å². The largest absolute Gasteiger partial charge is 0.352 e. The summed E-state index contributed by atoms with van der Waals surface area (Å²) in [6, 6.07) is 3.66. The van der Waals surface area contributed by atoms with Crippen LogP contribution in [0.4, 0.5) is 4.79 Å². The maximum Gasteiger partial charge on any atom is 0.312 e. The third-order valence-electron chi connectivity index (χ3n) is 3.26. The van der Waals surface area contributed by atoms with E-state index in [1.54, 1.807) is 18.2 Å². The smallest absolute Gasteiger partial charge is 0.312 e. The number of amides is 3. The lowest BCUT2D eigenvalue weighted by molar-refractivity contribution is -0.124. The quantitative estimate of drug-likeness (QED) is 0.748. The molecule has 0 spiro atoms. The van der Waals surface area contributed by atoms with E-state index in [0.717, 1.165) is 12.0 Å². The summed E-state index contributed by atoms with van der Waals surface area (Å²) >= 11 is 11.9. The predicted molar refractivity (Wildman–Crippen MR) is 84.3 cm³/mol. The molecule has 4 N–H and O–H groups in total. The Kier molecular flexibility index (Phi) is 6.78. The van der Waals surface area contributed by atoms with Crippen molar-refractivity contribution in [2.45, 2.75) is 32.9 Å². The third kappa shape index (κ3) is 5.44. The fourth-order valence-corrected chi connectivity index (χ4v) is 2.29. The van der Waals surface area contributed by atoms with Gasteiger partial charge >= 0.3 is 6.03 Å². The van der Waals surface area contributed by atoms with E-state index in [1.165, 1.54) is 0 Å². The first-order chi connectivity index (χ1) is 9.85. The number of hydrogen-bond acceptors (Lipinski definition) is 2. The summed E-state index contributed by atoms with van der Waals surface area (Å²) in [5.74, 6) is -0.327. The van der Waals surface area contributed by atoms with Gasteiger partial charge in [0.05, 0.1) is 0 Å². The number of carbonyl (C=O) groups excluding carboxylic acids is 2. The highest BCUT2D eigenvalue weighted by molar-refractivity contribution is 6.35. The number of nitrogens with one attached hydrogen (secondary N) is 2. The Morgan fingerprint density at radius 1 is 1.33 bits per heavy atom. The van der Waals surface area contributed by atoms with Gasteiger partial charge in [-0.1, -0.05) is 49.5 Å². The lowest BCUT2D eigenvalue weighted by Gasteiger charge is -2.22. The van der Waals surface area contributed by atoms with Gasteiger partial charge in [0, 0.05) is 16.6 Å². The van der Waals surface area contributed by atoms with Crippen molar-refractivity contribution in [3.63, 3.8) is 0 Å². The summed E-state index contributed by atoms with van der Waals surface area (Å²) in [5.41, 5.74) is 5.85. The van der Waals surface area contributed by atoms with Gasteiger partial charge in [0.25, 0.3) is 0 Å². The van der Waals surface area contributed by atoms with Crippen molar-refractivity contribution in [2.75, 3.05) is 0 Å². The van der Waals surface area contributed by atoms with Gasteiger partial charge in [0.1, 0.15) is 6.04 Å². The van der Waals surface area contributed by atoms with Gasteiger partial charge in [-0.15, -0.1) is 0 Å². The fourth-order valence-electron chi connectivity index (χ4n) is 1.81. The van der Waals surface area contributed by atoms with E-state index in [-0.39, 0.29) is 18.4 Å². The van der Waals surface area contributed by atoms with Gasteiger partial charge in [-0.2, -0.15) is 0 Å². The number of urea groups is 1. The molecule has 0 aliphatic carbocycles. The maximum atomic E-state index is 12.2. The van der Waals surface area contributed by atoms with Gasteiger partial charge < -0.3 is 16.4 Å². The molecule has 0 fully saturated rings. The molecule has 1 rings (SSSR count). The van der Waals surface area contributed by atoms with Crippen LogP contribution in [0.1, 0.15) is 25.8 Å². The zero-order chi connectivity index (χ0) is 16.0. The van der Waals surface area contributed by atoms with Crippen LogP contribution in [0.3, 0.4) is 0 Å². The summed E-state index contributed by atoms with van der Waals surface area (Å²) in [4.78, 5) is 23.2. The van der Waals surface area contributed by atoms with Gasteiger partial charge in [-0.25, -0.2) is 4.79 Å². The molecular weight excluding hydrogens is 313 g/mol. The molecule has 2 unspecified atom stereocenters. The molecule has 2 atom stereocenters.